The Morgan fingerprint density at radius 1 is 1.44 bits per heavy atom. The van der Waals surface area contributed by atoms with E-state index in [9.17, 15) is 0 Å². The molecule has 1 saturated heterocycles. The quantitative estimate of drug-likeness (QED) is 0.816. The largest absolute Gasteiger partial charge is 0.495 e. The summed E-state index contributed by atoms with van der Waals surface area (Å²) in [5.74, 6) is 1.83. The van der Waals surface area contributed by atoms with E-state index in [0.717, 1.165) is 24.7 Å². The fraction of sp³-hybridized carbons (Fsp3) is 0.583. The first kappa shape index (κ1) is 11.2. The van der Waals surface area contributed by atoms with Crippen LogP contribution >= 0.6 is 0 Å². The summed E-state index contributed by atoms with van der Waals surface area (Å²) in [5.41, 5.74) is 0. The van der Waals surface area contributed by atoms with E-state index in [-0.39, 0.29) is 0 Å². The molecule has 2 unspecified atom stereocenters. The predicted molar refractivity (Wildman–Crippen MR) is 65.1 cm³/mol. The van der Waals surface area contributed by atoms with Gasteiger partial charge in [0.1, 0.15) is 11.6 Å². The van der Waals surface area contributed by atoms with Crippen LogP contribution in [0.3, 0.4) is 0 Å². The number of hydrogen-bond acceptors (Lipinski definition) is 4. The van der Waals surface area contributed by atoms with Gasteiger partial charge in [0.05, 0.1) is 13.3 Å². The van der Waals surface area contributed by atoms with Crippen LogP contribution in [-0.2, 0) is 0 Å². The van der Waals surface area contributed by atoms with Gasteiger partial charge in [0.2, 0.25) is 0 Å². The van der Waals surface area contributed by atoms with Crippen molar-refractivity contribution in [3.8, 4) is 5.75 Å². The average Bonchev–Trinajstić information content (AvgIpc) is 2.32. The maximum atomic E-state index is 5.11. The molecule has 0 amide bonds. The first-order valence-corrected chi connectivity index (χ1v) is 5.70. The van der Waals surface area contributed by atoms with Gasteiger partial charge in [-0.25, -0.2) is 4.98 Å². The molecule has 4 nitrogen and oxygen atoms in total. The van der Waals surface area contributed by atoms with E-state index in [1.165, 1.54) is 0 Å². The highest BCUT2D eigenvalue weighted by Crippen LogP contribution is 2.19. The van der Waals surface area contributed by atoms with E-state index in [0.29, 0.717) is 12.1 Å². The normalized spacial score (nSPS) is 25.6. The number of pyridine rings is 1. The molecular weight excluding hydrogens is 202 g/mol. The van der Waals surface area contributed by atoms with Gasteiger partial charge in [0.15, 0.2) is 0 Å². The third-order valence-electron chi connectivity index (χ3n) is 3.02. The summed E-state index contributed by atoms with van der Waals surface area (Å²) < 4.78 is 5.11. The Labute approximate surface area is 96.6 Å². The van der Waals surface area contributed by atoms with Crippen LogP contribution in [0.15, 0.2) is 18.3 Å². The summed E-state index contributed by atoms with van der Waals surface area (Å²) in [7, 11) is 1.66. The Bertz CT molecular complexity index is 339. The molecule has 2 heterocycles. The van der Waals surface area contributed by atoms with Crippen molar-refractivity contribution in [3.63, 3.8) is 0 Å². The highest BCUT2D eigenvalue weighted by molar-refractivity contribution is 5.42. The van der Waals surface area contributed by atoms with Crippen molar-refractivity contribution < 1.29 is 4.74 Å². The molecule has 4 heteroatoms. The first-order valence-electron chi connectivity index (χ1n) is 5.70. The maximum absolute atomic E-state index is 5.11. The first-order chi connectivity index (χ1) is 7.70. The van der Waals surface area contributed by atoms with Crippen LogP contribution in [0.1, 0.15) is 13.8 Å². The van der Waals surface area contributed by atoms with E-state index in [1.807, 2.05) is 12.1 Å². The van der Waals surface area contributed by atoms with Gasteiger partial charge >= 0.3 is 0 Å². The van der Waals surface area contributed by atoms with Gasteiger partial charge in [0.25, 0.3) is 0 Å². The molecule has 1 aliphatic heterocycles. The molecular formula is C12H19N3O. The Kier molecular flexibility index (Phi) is 3.29. The van der Waals surface area contributed by atoms with Crippen molar-refractivity contribution in [1.29, 1.82) is 0 Å². The zero-order chi connectivity index (χ0) is 11.5. The van der Waals surface area contributed by atoms with Crippen LogP contribution in [0, 0.1) is 0 Å². The second kappa shape index (κ2) is 4.70. The molecule has 0 spiro atoms. The lowest BCUT2D eigenvalue weighted by atomic mass is 10.1. The van der Waals surface area contributed by atoms with Crippen LogP contribution in [0.25, 0.3) is 0 Å². The zero-order valence-electron chi connectivity index (χ0n) is 10.1. The van der Waals surface area contributed by atoms with Gasteiger partial charge in [0, 0.05) is 25.2 Å². The summed E-state index contributed by atoms with van der Waals surface area (Å²) in [4.78, 5) is 6.77. The molecule has 16 heavy (non-hydrogen) atoms. The Morgan fingerprint density at radius 2 is 2.25 bits per heavy atom. The third kappa shape index (κ3) is 2.27. The lowest BCUT2D eigenvalue weighted by Crippen LogP contribution is -2.54. The number of anilines is 1. The highest BCUT2D eigenvalue weighted by atomic mass is 16.5. The van der Waals surface area contributed by atoms with Crippen molar-refractivity contribution in [1.82, 2.24) is 10.3 Å². The lowest BCUT2D eigenvalue weighted by Gasteiger charge is -2.38. The number of ether oxygens (including phenoxy) is 1. The Balaban J connectivity index is 2.15. The fourth-order valence-corrected chi connectivity index (χ4v) is 2.00. The average molecular weight is 221 g/mol. The Morgan fingerprint density at radius 3 is 2.88 bits per heavy atom. The van der Waals surface area contributed by atoms with Crippen LogP contribution in [0.4, 0.5) is 5.82 Å². The summed E-state index contributed by atoms with van der Waals surface area (Å²) in [5, 5.41) is 3.46. The van der Waals surface area contributed by atoms with Crippen molar-refractivity contribution in [2.75, 3.05) is 25.1 Å². The Hall–Kier alpha value is -1.29. The van der Waals surface area contributed by atoms with E-state index >= 15 is 0 Å². The monoisotopic (exact) mass is 221 g/mol. The molecule has 1 N–H and O–H groups in total. The standard InChI is InChI=1S/C12H19N3O/c1-9-8-15(10(2)6-13-9)12-5-4-11(16-3)7-14-12/h4-5,7,9-10,13H,6,8H2,1-3H3. The summed E-state index contributed by atoms with van der Waals surface area (Å²) in [6.45, 7) is 6.42. The molecule has 1 aliphatic rings. The van der Waals surface area contributed by atoms with Gasteiger partial charge < -0.3 is 15.0 Å². The van der Waals surface area contributed by atoms with E-state index < -0.39 is 0 Å². The minimum atomic E-state index is 0.483. The molecule has 1 aromatic heterocycles. The van der Waals surface area contributed by atoms with Crippen LogP contribution in [-0.4, -0.2) is 37.3 Å². The number of nitrogens with zero attached hydrogens (tertiary/aromatic N) is 2. The van der Waals surface area contributed by atoms with E-state index in [2.05, 4.69) is 29.0 Å². The molecule has 0 radical (unpaired) electrons. The summed E-state index contributed by atoms with van der Waals surface area (Å²) in [6.07, 6.45) is 1.77. The van der Waals surface area contributed by atoms with Crippen LogP contribution < -0.4 is 15.0 Å². The molecule has 88 valence electrons. The van der Waals surface area contributed by atoms with Gasteiger partial charge in [-0.05, 0) is 26.0 Å². The van der Waals surface area contributed by atoms with Gasteiger partial charge in [-0.3, -0.25) is 0 Å². The van der Waals surface area contributed by atoms with Crippen molar-refractivity contribution in [2.24, 2.45) is 0 Å². The fourth-order valence-electron chi connectivity index (χ4n) is 2.00. The van der Waals surface area contributed by atoms with Crippen molar-refractivity contribution in [2.45, 2.75) is 25.9 Å². The van der Waals surface area contributed by atoms with Gasteiger partial charge in [-0.15, -0.1) is 0 Å². The molecule has 1 fully saturated rings. The highest BCUT2D eigenvalue weighted by Gasteiger charge is 2.23. The number of aromatic nitrogens is 1. The molecule has 1 aromatic rings. The number of hydrogen-bond donors (Lipinski definition) is 1. The van der Waals surface area contributed by atoms with E-state index in [1.54, 1.807) is 13.3 Å². The smallest absolute Gasteiger partial charge is 0.137 e. The predicted octanol–water partition coefficient (Wildman–Crippen LogP) is 1.28. The van der Waals surface area contributed by atoms with Crippen LogP contribution in [0.5, 0.6) is 5.75 Å². The molecule has 2 rings (SSSR count). The molecule has 0 aliphatic carbocycles. The SMILES string of the molecule is COc1ccc(N2CC(C)NCC2C)nc1. The maximum Gasteiger partial charge on any atom is 0.137 e. The molecule has 0 saturated carbocycles. The minimum Gasteiger partial charge on any atom is -0.495 e. The molecule has 0 aromatic carbocycles. The van der Waals surface area contributed by atoms with Crippen molar-refractivity contribution >= 4 is 5.82 Å². The third-order valence-corrected chi connectivity index (χ3v) is 3.02. The summed E-state index contributed by atoms with van der Waals surface area (Å²) in [6, 6.07) is 4.98. The number of nitrogens with one attached hydrogen (secondary N) is 1. The second-order valence-electron chi connectivity index (χ2n) is 4.37. The van der Waals surface area contributed by atoms with Crippen LogP contribution in [0.2, 0.25) is 0 Å². The number of piperazine rings is 1. The van der Waals surface area contributed by atoms with Crippen molar-refractivity contribution in [3.05, 3.63) is 18.3 Å². The number of methoxy groups -OCH3 is 1. The van der Waals surface area contributed by atoms with Gasteiger partial charge in [-0.2, -0.15) is 0 Å². The van der Waals surface area contributed by atoms with E-state index in [4.69, 9.17) is 4.74 Å². The minimum absolute atomic E-state index is 0.483. The lowest BCUT2D eigenvalue weighted by molar-refractivity contribution is 0.410. The topological polar surface area (TPSA) is 37.4 Å². The molecule has 0 bridgehead atoms. The number of rotatable bonds is 2. The van der Waals surface area contributed by atoms with Gasteiger partial charge in [-0.1, -0.05) is 0 Å². The zero-order valence-corrected chi connectivity index (χ0v) is 10.1. The summed E-state index contributed by atoms with van der Waals surface area (Å²) >= 11 is 0. The second-order valence-corrected chi connectivity index (χ2v) is 4.37. The molecule has 2 atom stereocenters.